The molecule has 2 aliphatic rings. The third kappa shape index (κ3) is 3.84. The zero-order valence-corrected chi connectivity index (χ0v) is 16.4. The van der Waals surface area contributed by atoms with Crippen molar-refractivity contribution in [3.05, 3.63) is 42.2 Å². The number of anilines is 1. The molecular weight excluding hydrogens is 352 g/mol. The normalized spacial score (nSPS) is 21.8. The van der Waals surface area contributed by atoms with Crippen LogP contribution in [0.15, 0.2) is 40.8 Å². The van der Waals surface area contributed by atoms with Crippen molar-refractivity contribution in [2.24, 2.45) is 5.92 Å². The molecule has 0 spiro atoms. The predicted molar refractivity (Wildman–Crippen MR) is 109 cm³/mol. The minimum Gasteiger partial charge on any atom is -0.451 e. The first kappa shape index (κ1) is 18.8. The second kappa shape index (κ2) is 8.21. The van der Waals surface area contributed by atoms with Gasteiger partial charge in [-0.25, -0.2) is 0 Å². The number of hydrogen-bond donors (Lipinski definition) is 1. The maximum atomic E-state index is 13.1. The van der Waals surface area contributed by atoms with E-state index in [1.807, 2.05) is 37.3 Å². The molecule has 1 saturated heterocycles. The Morgan fingerprint density at radius 2 is 1.79 bits per heavy atom. The number of furan rings is 1. The number of benzene rings is 1. The lowest BCUT2D eigenvalue weighted by molar-refractivity contribution is -0.115. The number of carbonyl (C=O) groups excluding carboxylic acids is 2. The fourth-order valence-corrected chi connectivity index (χ4v) is 4.59. The molecule has 2 fully saturated rings. The molecule has 5 heteroatoms. The van der Waals surface area contributed by atoms with Gasteiger partial charge in [-0.1, -0.05) is 19.8 Å². The zero-order chi connectivity index (χ0) is 19.5. The Morgan fingerprint density at radius 1 is 1.04 bits per heavy atom. The Morgan fingerprint density at radius 3 is 2.57 bits per heavy atom. The quantitative estimate of drug-likeness (QED) is 0.803. The molecule has 1 aliphatic carbocycles. The number of nitrogens with one attached hydrogen (secondary N) is 1. The van der Waals surface area contributed by atoms with E-state index in [1.165, 1.54) is 25.7 Å². The molecule has 0 bridgehead atoms. The van der Waals surface area contributed by atoms with Crippen molar-refractivity contribution >= 4 is 17.5 Å². The average Bonchev–Trinajstić information content (AvgIpc) is 3.23. The molecular formula is C23H28N2O3. The molecule has 2 heterocycles. The highest BCUT2D eigenvalue weighted by molar-refractivity contribution is 5.93. The van der Waals surface area contributed by atoms with Crippen LogP contribution in [-0.2, 0) is 4.79 Å². The van der Waals surface area contributed by atoms with Crippen molar-refractivity contribution in [3.8, 4) is 11.3 Å². The number of nitrogens with zero attached hydrogens (tertiary/aromatic N) is 1. The van der Waals surface area contributed by atoms with Crippen molar-refractivity contribution in [1.29, 1.82) is 0 Å². The van der Waals surface area contributed by atoms with Crippen molar-refractivity contribution < 1.29 is 14.0 Å². The zero-order valence-electron chi connectivity index (χ0n) is 16.4. The van der Waals surface area contributed by atoms with Crippen molar-refractivity contribution in [3.63, 3.8) is 0 Å². The summed E-state index contributed by atoms with van der Waals surface area (Å²) in [6.07, 6.45) is 7.67. The number of piperidine rings is 1. The standard InChI is InChI=1S/C23H28N2O3/c1-2-22(26)24-18-11-9-17(10-12-18)20-13-14-21(28-20)23(27)25-15-5-7-16-6-3-4-8-19(16)25/h9-14,16,19H,2-8,15H2,1H3,(H,24,26). The molecule has 148 valence electrons. The van der Waals surface area contributed by atoms with Crippen LogP contribution in [0.3, 0.4) is 0 Å². The summed E-state index contributed by atoms with van der Waals surface area (Å²) >= 11 is 0. The third-order valence-corrected chi connectivity index (χ3v) is 6.10. The van der Waals surface area contributed by atoms with Crippen LogP contribution in [0.1, 0.15) is 62.4 Å². The Labute approximate surface area is 166 Å². The van der Waals surface area contributed by atoms with E-state index < -0.39 is 0 Å². The molecule has 1 saturated carbocycles. The summed E-state index contributed by atoms with van der Waals surface area (Å²) in [6.45, 7) is 2.66. The van der Waals surface area contributed by atoms with Crippen molar-refractivity contribution in [2.45, 2.75) is 57.9 Å². The fourth-order valence-electron chi connectivity index (χ4n) is 4.59. The second-order valence-electron chi connectivity index (χ2n) is 7.90. The number of amides is 2. The SMILES string of the molecule is CCC(=O)Nc1ccc(-c2ccc(C(=O)N3CCCC4CCCCC43)o2)cc1. The van der Waals surface area contributed by atoms with Crippen LogP contribution in [0.25, 0.3) is 11.3 Å². The van der Waals surface area contributed by atoms with Crippen LogP contribution in [0.4, 0.5) is 5.69 Å². The van der Waals surface area contributed by atoms with Gasteiger partial charge in [0.05, 0.1) is 0 Å². The molecule has 1 aliphatic heterocycles. The first-order valence-corrected chi connectivity index (χ1v) is 10.5. The largest absolute Gasteiger partial charge is 0.451 e. The topological polar surface area (TPSA) is 62.6 Å². The summed E-state index contributed by atoms with van der Waals surface area (Å²) in [5, 5.41) is 2.83. The fraction of sp³-hybridized carbons (Fsp3) is 0.478. The first-order chi connectivity index (χ1) is 13.7. The van der Waals surface area contributed by atoms with Gasteiger partial charge in [-0.15, -0.1) is 0 Å². The molecule has 2 amide bonds. The van der Waals surface area contributed by atoms with Gasteiger partial charge in [-0.2, -0.15) is 0 Å². The maximum Gasteiger partial charge on any atom is 0.289 e. The highest BCUT2D eigenvalue weighted by Crippen LogP contribution is 2.36. The number of fused-ring (bicyclic) bond motifs is 1. The van der Waals surface area contributed by atoms with Gasteiger partial charge >= 0.3 is 0 Å². The molecule has 5 nitrogen and oxygen atoms in total. The van der Waals surface area contributed by atoms with E-state index in [0.717, 1.165) is 30.6 Å². The maximum absolute atomic E-state index is 13.1. The van der Waals surface area contributed by atoms with Crippen LogP contribution < -0.4 is 5.32 Å². The molecule has 1 aromatic heterocycles. The monoisotopic (exact) mass is 380 g/mol. The summed E-state index contributed by atoms with van der Waals surface area (Å²) in [4.78, 5) is 26.6. The highest BCUT2D eigenvalue weighted by atomic mass is 16.4. The minimum absolute atomic E-state index is 0.0128. The number of hydrogen-bond acceptors (Lipinski definition) is 3. The highest BCUT2D eigenvalue weighted by Gasteiger charge is 2.36. The molecule has 28 heavy (non-hydrogen) atoms. The van der Waals surface area contributed by atoms with E-state index in [2.05, 4.69) is 10.2 Å². The Hall–Kier alpha value is -2.56. The lowest BCUT2D eigenvalue weighted by atomic mass is 9.78. The van der Waals surface area contributed by atoms with Crippen LogP contribution in [0.5, 0.6) is 0 Å². The van der Waals surface area contributed by atoms with Gasteiger partial charge in [0.15, 0.2) is 5.76 Å². The van der Waals surface area contributed by atoms with Crippen molar-refractivity contribution in [1.82, 2.24) is 4.90 Å². The van der Waals surface area contributed by atoms with Gasteiger partial charge in [0.25, 0.3) is 5.91 Å². The van der Waals surface area contributed by atoms with Crippen LogP contribution >= 0.6 is 0 Å². The van der Waals surface area contributed by atoms with E-state index in [9.17, 15) is 9.59 Å². The number of likely N-dealkylation sites (tertiary alicyclic amines) is 1. The Balaban J connectivity index is 1.47. The van der Waals surface area contributed by atoms with Crippen molar-refractivity contribution in [2.75, 3.05) is 11.9 Å². The molecule has 2 unspecified atom stereocenters. The summed E-state index contributed by atoms with van der Waals surface area (Å²) in [7, 11) is 0. The van der Waals surface area contributed by atoms with E-state index in [0.29, 0.717) is 29.9 Å². The minimum atomic E-state index is -0.0128. The predicted octanol–water partition coefficient (Wildman–Crippen LogP) is 5.09. The van der Waals surface area contributed by atoms with Crippen LogP contribution in [0.2, 0.25) is 0 Å². The third-order valence-electron chi connectivity index (χ3n) is 6.10. The van der Waals surface area contributed by atoms with Gasteiger partial charge in [0, 0.05) is 30.3 Å². The summed E-state index contributed by atoms with van der Waals surface area (Å²) in [6, 6.07) is 11.5. The molecule has 1 aromatic carbocycles. The Bertz CT molecular complexity index is 838. The van der Waals surface area contributed by atoms with Gasteiger partial charge in [-0.3, -0.25) is 9.59 Å². The molecule has 4 rings (SSSR count). The number of carbonyl (C=O) groups is 2. The average molecular weight is 380 g/mol. The van der Waals surface area contributed by atoms with Gasteiger partial charge in [-0.05, 0) is 68.0 Å². The first-order valence-electron chi connectivity index (χ1n) is 10.5. The van der Waals surface area contributed by atoms with E-state index in [4.69, 9.17) is 4.42 Å². The molecule has 2 aromatic rings. The van der Waals surface area contributed by atoms with E-state index in [-0.39, 0.29) is 11.8 Å². The number of rotatable bonds is 4. The summed E-state index contributed by atoms with van der Waals surface area (Å²) in [5.41, 5.74) is 1.65. The second-order valence-corrected chi connectivity index (χ2v) is 7.90. The van der Waals surface area contributed by atoms with Gasteiger partial charge in [0.1, 0.15) is 5.76 Å². The van der Waals surface area contributed by atoms with Crippen LogP contribution in [0, 0.1) is 5.92 Å². The lowest BCUT2D eigenvalue weighted by Gasteiger charge is -2.43. The summed E-state index contributed by atoms with van der Waals surface area (Å²) in [5.74, 6) is 1.76. The molecule has 1 N–H and O–H groups in total. The van der Waals surface area contributed by atoms with Gasteiger partial charge in [0.2, 0.25) is 5.91 Å². The van der Waals surface area contributed by atoms with E-state index >= 15 is 0 Å². The lowest BCUT2D eigenvalue weighted by Crippen LogP contribution is -2.49. The molecule has 0 radical (unpaired) electrons. The summed E-state index contributed by atoms with van der Waals surface area (Å²) < 4.78 is 5.93. The van der Waals surface area contributed by atoms with E-state index in [1.54, 1.807) is 6.07 Å². The van der Waals surface area contributed by atoms with Crippen LogP contribution in [-0.4, -0.2) is 29.3 Å². The Kier molecular flexibility index (Phi) is 5.51. The molecule has 2 atom stereocenters. The van der Waals surface area contributed by atoms with Gasteiger partial charge < -0.3 is 14.6 Å². The smallest absolute Gasteiger partial charge is 0.289 e.